The van der Waals surface area contributed by atoms with Crippen LogP contribution in [0.25, 0.3) is 0 Å². The molecule has 7 heteroatoms. The molecule has 0 aliphatic carbocycles. The Morgan fingerprint density at radius 3 is 2.31 bits per heavy atom. The Kier molecular flexibility index (Phi) is 9.91. The fourth-order valence-electron chi connectivity index (χ4n) is 3.31. The summed E-state index contributed by atoms with van der Waals surface area (Å²) in [6, 6.07) is 6.44. The third-order valence-electron chi connectivity index (χ3n) is 5.14. The molecule has 0 spiro atoms. The average Bonchev–Trinajstić information content (AvgIpc) is 2.75. The van der Waals surface area contributed by atoms with E-state index in [4.69, 9.17) is 14.2 Å². The Balaban J connectivity index is 1.74. The second-order valence-corrected chi connectivity index (χ2v) is 7.77. The van der Waals surface area contributed by atoms with E-state index in [2.05, 4.69) is 46.5 Å². The lowest BCUT2D eigenvalue weighted by atomic mass is 10.0. The van der Waals surface area contributed by atoms with Crippen LogP contribution in [-0.4, -0.2) is 66.1 Å². The monoisotopic (exact) mass is 406 g/mol. The van der Waals surface area contributed by atoms with E-state index in [1.54, 1.807) is 14.2 Å². The maximum Gasteiger partial charge on any atom is 0.191 e. The van der Waals surface area contributed by atoms with Gasteiger partial charge in [0.2, 0.25) is 0 Å². The molecule has 0 unspecified atom stereocenters. The lowest BCUT2D eigenvalue weighted by Gasteiger charge is -2.34. The highest BCUT2D eigenvalue weighted by Gasteiger charge is 2.21. The minimum absolute atomic E-state index is 0.409. The van der Waals surface area contributed by atoms with Gasteiger partial charge in [0, 0.05) is 63.2 Å². The molecule has 0 bridgehead atoms. The molecule has 1 fully saturated rings. The number of nitrogens with zero attached hydrogens (tertiary/aromatic N) is 2. The van der Waals surface area contributed by atoms with Crippen LogP contribution in [0.1, 0.15) is 33.1 Å². The summed E-state index contributed by atoms with van der Waals surface area (Å²) >= 11 is 0. The summed E-state index contributed by atoms with van der Waals surface area (Å²) in [4.78, 5) is 6.72. The predicted molar refractivity (Wildman–Crippen MR) is 120 cm³/mol. The van der Waals surface area contributed by atoms with E-state index >= 15 is 0 Å². The minimum Gasteiger partial charge on any atom is -0.497 e. The summed E-state index contributed by atoms with van der Waals surface area (Å²) in [6.07, 6.45) is 3.20. The topological polar surface area (TPSA) is 67.4 Å². The Morgan fingerprint density at radius 2 is 1.76 bits per heavy atom. The summed E-state index contributed by atoms with van der Waals surface area (Å²) in [6.45, 7) is 8.65. The third-order valence-corrected chi connectivity index (χ3v) is 5.14. The van der Waals surface area contributed by atoms with Crippen molar-refractivity contribution < 1.29 is 14.2 Å². The van der Waals surface area contributed by atoms with E-state index in [-0.39, 0.29) is 0 Å². The normalized spacial score (nSPS) is 15.5. The van der Waals surface area contributed by atoms with Crippen molar-refractivity contribution in [3.63, 3.8) is 0 Å². The second kappa shape index (κ2) is 12.4. The minimum atomic E-state index is 0.409. The van der Waals surface area contributed by atoms with E-state index in [9.17, 15) is 0 Å². The molecule has 1 aliphatic rings. The Bertz CT molecular complexity index is 606. The molecule has 2 rings (SSSR count). The molecular formula is C22H38N4O3. The lowest BCUT2D eigenvalue weighted by molar-refractivity contribution is 0.128. The van der Waals surface area contributed by atoms with Crippen molar-refractivity contribution in [2.45, 2.75) is 39.2 Å². The molecule has 0 radical (unpaired) electrons. The maximum atomic E-state index is 5.66. The predicted octanol–water partition coefficient (Wildman–Crippen LogP) is 2.90. The van der Waals surface area contributed by atoms with Crippen LogP contribution in [0.3, 0.4) is 0 Å². The summed E-state index contributed by atoms with van der Waals surface area (Å²) < 4.78 is 16.5. The molecule has 29 heavy (non-hydrogen) atoms. The average molecular weight is 407 g/mol. The van der Waals surface area contributed by atoms with Gasteiger partial charge in [-0.2, -0.15) is 0 Å². The van der Waals surface area contributed by atoms with Crippen LogP contribution in [0.5, 0.6) is 11.5 Å². The van der Waals surface area contributed by atoms with Gasteiger partial charge in [0.1, 0.15) is 11.5 Å². The Morgan fingerprint density at radius 1 is 1.10 bits per heavy atom. The first-order valence-corrected chi connectivity index (χ1v) is 10.6. The molecule has 0 saturated carbocycles. The van der Waals surface area contributed by atoms with Gasteiger partial charge in [-0.3, -0.25) is 4.99 Å². The number of guanidine groups is 1. The number of hydrogen-bond donors (Lipinski definition) is 2. The second-order valence-electron chi connectivity index (χ2n) is 7.77. The highest BCUT2D eigenvalue weighted by molar-refractivity contribution is 5.80. The summed E-state index contributed by atoms with van der Waals surface area (Å²) in [5.41, 5.74) is 1.14. The highest BCUT2D eigenvalue weighted by Crippen LogP contribution is 2.30. The van der Waals surface area contributed by atoms with Gasteiger partial charge >= 0.3 is 0 Å². The van der Waals surface area contributed by atoms with Gasteiger partial charge in [-0.1, -0.05) is 13.8 Å². The molecule has 1 aliphatic heterocycles. The van der Waals surface area contributed by atoms with Gasteiger partial charge in [-0.05, 0) is 25.2 Å². The van der Waals surface area contributed by atoms with Crippen molar-refractivity contribution in [2.75, 3.05) is 59.0 Å². The number of ether oxygens (including phenoxy) is 3. The van der Waals surface area contributed by atoms with Crippen molar-refractivity contribution in [3.05, 3.63) is 18.2 Å². The van der Waals surface area contributed by atoms with Gasteiger partial charge in [0.05, 0.1) is 20.8 Å². The Hall–Kier alpha value is -2.15. The molecule has 1 saturated heterocycles. The first kappa shape index (κ1) is 23.1. The van der Waals surface area contributed by atoms with Crippen LogP contribution in [-0.2, 0) is 4.74 Å². The highest BCUT2D eigenvalue weighted by atomic mass is 16.5. The van der Waals surface area contributed by atoms with Crippen molar-refractivity contribution >= 4 is 11.6 Å². The van der Waals surface area contributed by atoms with Crippen molar-refractivity contribution in [3.8, 4) is 11.5 Å². The van der Waals surface area contributed by atoms with Crippen molar-refractivity contribution in [1.82, 2.24) is 10.6 Å². The van der Waals surface area contributed by atoms with Crippen LogP contribution in [0.2, 0.25) is 0 Å². The van der Waals surface area contributed by atoms with E-state index in [1.165, 1.54) is 0 Å². The fourth-order valence-corrected chi connectivity index (χ4v) is 3.31. The summed E-state index contributed by atoms with van der Waals surface area (Å²) in [5.74, 6) is 3.17. The SMILES string of the molecule is CN=C(NCCOCCC(C)C)NC1CCN(c2cc(OC)cc(OC)c2)CC1. The molecule has 2 N–H and O–H groups in total. The van der Waals surface area contributed by atoms with Crippen molar-refractivity contribution in [2.24, 2.45) is 10.9 Å². The third kappa shape index (κ3) is 8.01. The molecule has 1 aromatic rings. The Labute approximate surface area is 175 Å². The summed E-state index contributed by atoms with van der Waals surface area (Å²) in [7, 11) is 5.18. The number of benzene rings is 1. The van der Waals surface area contributed by atoms with E-state index in [1.807, 2.05) is 13.1 Å². The molecule has 1 heterocycles. The van der Waals surface area contributed by atoms with Crippen LogP contribution in [0, 0.1) is 5.92 Å². The van der Waals surface area contributed by atoms with Gasteiger partial charge < -0.3 is 29.7 Å². The van der Waals surface area contributed by atoms with Gasteiger partial charge in [-0.25, -0.2) is 0 Å². The van der Waals surface area contributed by atoms with Crippen LogP contribution in [0.4, 0.5) is 5.69 Å². The van der Waals surface area contributed by atoms with E-state index in [0.717, 1.165) is 68.6 Å². The molecular weight excluding hydrogens is 368 g/mol. The van der Waals surface area contributed by atoms with Gasteiger partial charge in [0.15, 0.2) is 5.96 Å². The van der Waals surface area contributed by atoms with E-state index < -0.39 is 0 Å². The number of rotatable bonds is 10. The molecule has 0 amide bonds. The van der Waals surface area contributed by atoms with Crippen LogP contribution >= 0.6 is 0 Å². The number of nitrogens with one attached hydrogen (secondary N) is 2. The molecule has 0 atom stereocenters. The maximum absolute atomic E-state index is 5.66. The molecule has 1 aromatic carbocycles. The largest absolute Gasteiger partial charge is 0.497 e. The number of anilines is 1. The molecule has 7 nitrogen and oxygen atoms in total. The quantitative estimate of drug-likeness (QED) is 0.354. The van der Waals surface area contributed by atoms with Crippen LogP contribution in [0.15, 0.2) is 23.2 Å². The number of methoxy groups -OCH3 is 2. The van der Waals surface area contributed by atoms with Gasteiger partial charge in [0.25, 0.3) is 0 Å². The number of piperidine rings is 1. The zero-order valence-corrected chi connectivity index (χ0v) is 18.7. The standard InChI is InChI=1S/C22H38N4O3/c1-17(2)8-12-29-13-9-24-22(23-3)25-18-6-10-26(11-7-18)19-14-20(27-4)16-21(15-19)28-5/h14-18H,6-13H2,1-5H3,(H2,23,24,25). The smallest absolute Gasteiger partial charge is 0.191 e. The fraction of sp³-hybridized carbons (Fsp3) is 0.682. The van der Waals surface area contributed by atoms with Gasteiger partial charge in [-0.15, -0.1) is 0 Å². The first-order chi connectivity index (χ1) is 14.0. The molecule has 164 valence electrons. The molecule has 0 aromatic heterocycles. The zero-order chi connectivity index (χ0) is 21.1. The number of aliphatic imine (C=N–C) groups is 1. The zero-order valence-electron chi connectivity index (χ0n) is 18.7. The number of hydrogen-bond acceptors (Lipinski definition) is 5. The first-order valence-electron chi connectivity index (χ1n) is 10.6. The lowest BCUT2D eigenvalue weighted by Crippen LogP contribution is -2.49. The summed E-state index contributed by atoms with van der Waals surface area (Å²) in [5, 5.41) is 6.88. The van der Waals surface area contributed by atoms with Crippen molar-refractivity contribution in [1.29, 1.82) is 0 Å². The van der Waals surface area contributed by atoms with E-state index in [0.29, 0.717) is 18.6 Å². The van der Waals surface area contributed by atoms with Crippen LogP contribution < -0.4 is 25.0 Å².